The third kappa shape index (κ3) is 1.61. The summed E-state index contributed by atoms with van der Waals surface area (Å²) in [4.78, 5) is 13.1. The van der Waals surface area contributed by atoms with Gasteiger partial charge in [0.05, 0.1) is 0 Å². The van der Waals surface area contributed by atoms with Crippen molar-refractivity contribution in [2.75, 3.05) is 13.1 Å². The number of piperidine rings is 1. The van der Waals surface area contributed by atoms with E-state index in [9.17, 15) is 4.79 Å². The van der Waals surface area contributed by atoms with Gasteiger partial charge in [-0.3, -0.25) is 4.79 Å². The van der Waals surface area contributed by atoms with Gasteiger partial charge in [-0.15, -0.1) is 0 Å². The molecule has 2 heteroatoms. The molecule has 0 saturated carbocycles. The van der Waals surface area contributed by atoms with Gasteiger partial charge in [-0.05, 0) is 37.8 Å². The minimum atomic E-state index is 0.605. The molecule has 1 saturated heterocycles. The Balaban J connectivity index is 2.21. The van der Waals surface area contributed by atoms with Gasteiger partial charge in [-0.2, -0.15) is 0 Å². The number of hydrogen-bond donors (Lipinski definition) is 0. The van der Waals surface area contributed by atoms with Crippen LogP contribution in [0.3, 0.4) is 0 Å². The van der Waals surface area contributed by atoms with Crippen LogP contribution in [0.15, 0.2) is 23.4 Å². The SMILES string of the molecule is CCN1CCCC2CC(C=O)=CC=C21. The zero-order chi connectivity index (χ0) is 9.97. The molecule has 1 aliphatic carbocycles. The molecule has 0 aromatic heterocycles. The van der Waals surface area contributed by atoms with E-state index in [0.717, 1.165) is 24.8 Å². The maximum Gasteiger partial charge on any atom is 0.146 e. The van der Waals surface area contributed by atoms with Crippen molar-refractivity contribution in [2.45, 2.75) is 26.2 Å². The first-order chi connectivity index (χ1) is 6.85. The number of allylic oxidation sites excluding steroid dienone is 4. The van der Waals surface area contributed by atoms with Crippen molar-refractivity contribution in [2.24, 2.45) is 5.92 Å². The highest BCUT2D eigenvalue weighted by Gasteiger charge is 2.26. The van der Waals surface area contributed by atoms with Crippen LogP contribution >= 0.6 is 0 Å². The highest BCUT2D eigenvalue weighted by Crippen LogP contribution is 2.34. The number of fused-ring (bicyclic) bond motifs is 1. The summed E-state index contributed by atoms with van der Waals surface area (Å²) >= 11 is 0. The van der Waals surface area contributed by atoms with Crippen LogP contribution in [0.25, 0.3) is 0 Å². The van der Waals surface area contributed by atoms with E-state index in [1.165, 1.54) is 25.1 Å². The quantitative estimate of drug-likeness (QED) is 0.623. The number of likely N-dealkylation sites (tertiary alicyclic amines) is 1. The maximum absolute atomic E-state index is 10.7. The van der Waals surface area contributed by atoms with Crippen molar-refractivity contribution in [1.82, 2.24) is 4.90 Å². The van der Waals surface area contributed by atoms with Gasteiger partial charge in [-0.25, -0.2) is 0 Å². The molecule has 0 amide bonds. The van der Waals surface area contributed by atoms with Crippen LogP contribution in [0, 0.1) is 5.92 Å². The second-order valence-corrected chi connectivity index (χ2v) is 4.07. The Kier molecular flexibility index (Phi) is 2.71. The molecule has 2 aliphatic rings. The van der Waals surface area contributed by atoms with Crippen molar-refractivity contribution in [3.05, 3.63) is 23.4 Å². The normalized spacial score (nSPS) is 26.4. The molecule has 2 rings (SSSR count). The van der Waals surface area contributed by atoms with Gasteiger partial charge in [0.25, 0.3) is 0 Å². The molecule has 1 unspecified atom stereocenters. The Morgan fingerprint density at radius 3 is 3.14 bits per heavy atom. The fourth-order valence-electron chi connectivity index (χ4n) is 2.48. The zero-order valence-corrected chi connectivity index (χ0v) is 8.70. The monoisotopic (exact) mass is 191 g/mol. The predicted octanol–water partition coefficient (Wildman–Crippen LogP) is 2.13. The number of carbonyl (C=O) groups is 1. The molecule has 0 aromatic rings. The lowest BCUT2D eigenvalue weighted by Gasteiger charge is -2.38. The van der Waals surface area contributed by atoms with Crippen LogP contribution in [0.5, 0.6) is 0 Å². The number of carbonyl (C=O) groups excluding carboxylic acids is 1. The van der Waals surface area contributed by atoms with E-state index in [1.807, 2.05) is 6.08 Å². The first-order valence-corrected chi connectivity index (χ1v) is 5.46. The fraction of sp³-hybridized carbons (Fsp3) is 0.583. The highest BCUT2D eigenvalue weighted by molar-refractivity contribution is 5.74. The van der Waals surface area contributed by atoms with Crippen molar-refractivity contribution in [3.8, 4) is 0 Å². The van der Waals surface area contributed by atoms with Gasteiger partial charge in [0.15, 0.2) is 0 Å². The summed E-state index contributed by atoms with van der Waals surface area (Å²) in [6, 6.07) is 0. The second kappa shape index (κ2) is 3.99. The Labute approximate surface area is 85.3 Å². The van der Waals surface area contributed by atoms with Gasteiger partial charge < -0.3 is 4.90 Å². The van der Waals surface area contributed by atoms with Crippen molar-refractivity contribution >= 4 is 6.29 Å². The largest absolute Gasteiger partial charge is 0.375 e. The molecule has 76 valence electrons. The smallest absolute Gasteiger partial charge is 0.146 e. The lowest BCUT2D eigenvalue weighted by atomic mass is 9.85. The first-order valence-electron chi connectivity index (χ1n) is 5.46. The van der Waals surface area contributed by atoms with Gasteiger partial charge >= 0.3 is 0 Å². The molecule has 2 nitrogen and oxygen atoms in total. The molecule has 1 heterocycles. The van der Waals surface area contributed by atoms with Crippen LogP contribution in [0.2, 0.25) is 0 Å². The minimum absolute atomic E-state index is 0.605. The van der Waals surface area contributed by atoms with E-state index in [1.54, 1.807) is 0 Å². The Morgan fingerprint density at radius 1 is 1.57 bits per heavy atom. The van der Waals surface area contributed by atoms with Crippen LogP contribution in [-0.2, 0) is 4.79 Å². The third-order valence-corrected chi connectivity index (χ3v) is 3.25. The number of aldehydes is 1. The summed E-state index contributed by atoms with van der Waals surface area (Å²) in [5.74, 6) is 0.605. The van der Waals surface area contributed by atoms with E-state index >= 15 is 0 Å². The number of nitrogens with zero attached hydrogens (tertiary/aromatic N) is 1. The molecular weight excluding hydrogens is 174 g/mol. The summed E-state index contributed by atoms with van der Waals surface area (Å²) in [5.41, 5.74) is 2.40. The molecule has 0 spiro atoms. The lowest BCUT2D eigenvalue weighted by Crippen LogP contribution is -2.34. The Hall–Kier alpha value is -1.05. The van der Waals surface area contributed by atoms with E-state index in [-0.39, 0.29) is 0 Å². The van der Waals surface area contributed by atoms with E-state index in [2.05, 4.69) is 17.9 Å². The summed E-state index contributed by atoms with van der Waals surface area (Å²) in [6.07, 6.45) is 8.58. The standard InChI is InChI=1S/C12H17NO/c1-2-13-7-3-4-11-8-10(9-14)5-6-12(11)13/h5-6,9,11H,2-4,7-8H2,1H3. The summed E-state index contributed by atoms with van der Waals surface area (Å²) in [5, 5.41) is 0. The van der Waals surface area contributed by atoms with Crippen LogP contribution < -0.4 is 0 Å². The van der Waals surface area contributed by atoms with E-state index in [4.69, 9.17) is 0 Å². The second-order valence-electron chi connectivity index (χ2n) is 4.07. The molecule has 0 N–H and O–H groups in total. The average Bonchev–Trinajstić information content (AvgIpc) is 2.27. The van der Waals surface area contributed by atoms with Crippen molar-refractivity contribution in [3.63, 3.8) is 0 Å². The number of hydrogen-bond acceptors (Lipinski definition) is 2. The van der Waals surface area contributed by atoms with Crippen LogP contribution in [-0.4, -0.2) is 24.3 Å². The average molecular weight is 191 g/mol. The molecule has 0 radical (unpaired) electrons. The first kappa shape index (κ1) is 9.50. The fourth-order valence-corrected chi connectivity index (χ4v) is 2.48. The lowest BCUT2D eigenvalue weighted by molar-refractivity contribution is -0.105. The minimum Gasteiger partial charge on any atom is -0.375 e. The van der Waals surface area contributed by atoms with Crippen LogP contribution in [0.1, 0.15) is 26.2 Å². The summed E-state index contributed by atoms with van der Waals surface area (Å²) in [7, 11) is 0. The molecule has 1 fully saturated rings. The molecule has 1 aliphatic heterocycles. The van der Waals surface area contributed by atoms with Gasteiger partial charge in [-0.1, -0.05) is 6.08 Å². The molecule has 0 aromatic carbocycles. The molecule has 0 bridgehead atoms. The maximum atomic E-state index is 10.7. The topological polar surface area (TPSA) is 20.3 Å². The Morgan fingerprint density at radius 2 is 2.43 bits per heavy atom. The zero-order valence-electron chi connectivity index (χ0n) is 8.70. The van der Waals surface area contributed by atoms with Crippen molar-refractivity contribution in [1.29, 1.82) is 0 Å². The van der Waals surface area contributed by atoms with Gasteiger partial charge in [0.1, 0.15) is 6.29 Å². The predicted molar refractivity (Wildman–Crippen MR) is 56.8 cm³/mol. The summed E-state index contributed by atoms with van der Waals surface area (Å²) < 4.78 is 0. The molecular formula is C12H17NO. The van der Waals surface area contributed by atoms with Crippen LogP contribution in [0.4, 0.5) is 0 Å². The van der Waals surface area contributed by atoms with Crippen molar-refractivity contribution < 1.29 is 4.79 Å². The van der Waals surface area contributed by atoms with Gasteiger partial charge in [0.2, 0.25) is 0 Å². The molecule has 1 atom stereocenters. The van der Waals surface area contributed by atoms with E-state index in [0.29, 0.717) is 5.92 Å². The molecule has 14 heavy (non-hydrogen) atoms. The van der Waals surface area contributed by atoms with Gasteiger partial charge in [0, 0.05) is 24.7 Å². The third-order valence-electron chi connectivity index (χ3n) is 3.25. The Bertz CT molecular complexity index is 291. The van der Waals surface area contributed by atoms with E-state index < -0.39 is 0 Å². The highest BCUT2D eigenvalue weighted by atomic mass is 16.1. The number of rotatable bonds is 2. The summed E-state index contributed by atoms with van der Waals surface area (Å²) in [6.45, 7) is 4.47.